The standard InChI is InChI=1S/C22H24N4O2.ClH/c27-21(22(10-13-23-14-11-22)26-15-5-12-25-26)24-17-18-6-4-9-20(16-18)28-19-7-2-1-3-8-19;/h1-9,12,15-16,23H,10-11,13-14,17H2,(H,24,27);1H. The highest BCUT2D eigenvalue weighted by molar-refractivity contribution is 5.85. The number of aromatic nitrogens is 2. The first kappa shape index (κ1) is 20.9. The van der Waals surface area contributed by atoms with Crippen molar-refractivity contribution in [3.8, 4) is 11.5 Å². The summed E-state index contributed by atoms with van der Waals surface area (Å²) in [5.74, 6) is 1.55. The van der Waals surface area contributed by atoms with Crippen molar-refractivity contribution in [2.75, 3.05) is 13.1 Å². The van der Waals surface area contributed by atoms with Crippen LogP contribution in [0.1, 0.15) is 18.4 Å². The molecule has 0 aliphatic carbocycles. The van der Waals surface area contributed by atoms with Crippen LogP contribution >= 0.6 is 12.4 Å². The van der Waals surface area contributed by atoms with Gasteiger partial charge in [-0.15, -0.1) is 12.4 Å². The Kier molecular flexibility index (Phi) is 6.90. The molecule has 0 spiro atoms. The van der Waals surface area contributed by atoms with Crippen LogP contribution in [0.2, 0.25) is 0 Å². The van der Waals surface area contributed by atoms with Gasteiger partial charge in [-0.05, 0) is 61.8 Å². The lowest BCUT2D eigenvalue weighted by atomic mass is 9.87. The topological polar surface area (TPSA) is 68.2 Å². The fourth-order valence-electron chi connectivity index (χ4n) is 3.61. The van der Waals surface area contributed by atoms with Gasteiger partial charge < -0.3 is 15.4 Å². The van der Waals surface area contributed by atoms with Gasteiger partial charge in [0.1, 0.15) is 17.0 Å². The number of carbonyl (C=O) groups excluding carboxylic acids is 1. The van der Waals surface area contributed by atoms with E-state index in [1.807, 2.05) is 66.9 Å². The van der Waals surface area contributed by atoms with Gasteiger partial charge in [0.25, 0.3) is 0 Å². The Bertz CT molecular complexity index is 910. The van der Waals surface area contributed by atoms with Crippen molar-refractivity contribution in [3.05, 3.63) is 78.6 Å². The van der Waals surface area contributed by atoms with Gasteiger partial charge in [0.2, 0.25) is 5.91 Å². The van der Waals surface area contributed by atoms with Gasteiger partial charge in [0, 0.05) is 18.9 Å². The van der Waals surface area contributed by atoms with Crippen LogP contribution in [0, 0.1) is 0 Å². The van der Waals surface area contributed by atoms with E-state index in [0.29, 0.717) is 6.54 Å². The van der Waals surface area contributed by atoms with Crippen molar-refractivity contribution < 1.29 is 9.53 Å². The SMILES string of the molecule is Cl.O=C(NCc1cccc(Oc2ccccc2)c1)C1(n2cccn2)CCNCC1. The number of halogens is 1. The zero-order chi connectivity index (χ0) is 19.2. The average molecular weight is 413 g/mol. The largest absolute Gasteiger partial charge is 0.457 e. The summed E-state index contributed by atoms with van der Waals surface area (Å²) in [4.78, 5) is 13.1. The Morgan fingerprint density at radius 3 is 2.55 bits per heavy atom. The predicted octanol–water partition coefficient (Wildman–Crippen LogP) is 3.49. The van der Waals surface area contributed by atoms with E-state index >= 15 is 0 Å². The summed E-state index contributed by atoms with van der Waals surface area (Å²) in [7, 11) is 0. The summed E-state index contributed by atoms with van der Waals surface area (Å²) in [6, 6.07) is 19.3. The van der Waals surface area contributed by atoms with Gasteiger partial charge in [0.15, 0.2) is 0 Å². The van der Waals surface area contributed by atoms with E-state index in [2.05, 4.69) is 15.7 Å². The van der Waals surface area contributed by atoms with Crippen molar-refractivity contribution >= 4 is 18.3 Å². The van der Waals surface area contributed by atoms with Gasteiger partial charge in [0.05, 0.1) is 0 Å². The molecule has 4 rings (SSSR count). The molecule has 152 valence electrons. The molecule has 2 N–H and O–H groups in total. The van der Waals surface area contributed by atoms with E-state index in [0.717, 1.165) is 43.0 Å². The highest BCUT2D eigenvalue weighted by Gasteiger charge is 2.41. The first-order valence-corrected chi connectivity index (χ1v) is 9.57. The molecule has 2 heterocycles. The average Bonchev–Trinajstić information content (AvgIpc) is 3.29. The molecule has 1 fully saturated rings. The number of hydrogen-bond donors (Lipinski definition) is 2. The Morgan fingerprint density at radius 2 is 1.83 bits per heavy atom. The van der Waals surface area contributed by atoms with Gasteiger partial charge in [-0.2, -0.15) is 5.10 Å². The quantitative estimate of drug-likeness (QED) is 0.650. The first-order chi connectivity index (χ1) is 13.8. The molecule has 0 saturated carbocycles. The Labute approximate surface area is 176 Å². The van der Waals surface area contributed by atoms with Crippen molar-refractivity contribution in [2.45, 2.75) is 24.9 Å². The van der Waals surface area contributed by atoms with Crippen LogP contribution in [-0.4, -0.2) is 28.8 Å². The van der Waals surface area contributed by atoms with Gasteiger partial charge in [-0.1, -0.05) is 30.3 Å². The van der Waals surface area contributed by atoms with Gasteiger partial charge >= 0.3 is 0 Å². The minimum absolute atomic E-state index is 0. The van der Waals surface area contributed by atoms with Crippen molar-refractivity contribution in [1.82, 2.24) is 20.4 Å². The van der Waals surface area contributed by atoms with E-state index in [1.54, 1.807) is 10.9 Å². The Hall–Kier alpha value is -2.83. The van der Waals surface area contributed by atoms with E-state index in [1.165, 1.54) is 0 Å². The molecule has 2 aromatic carbocycles. The summed E-state index contributed by atoms with van der Waals surface area (Å²) in [6.07, 6.45) is 5.04. The number of para-hydroxylation sites is 1. The molecule has 1 aromatic heterocycles. The number of ether oxygens (including phenoxy) is 1. The zero-order valence-corrected chi connectivity index (χ0v) is 16.9. The molecule has 3 aromatic rings. The maximum absolute atomic E-state index is 13.1. The van der Waals surface area contributed by atoms with Gasteiger partial charge in [-0.3, -0.25) is 9.48 Å². The fraction of sp³-hybridized carbons (Fsp3) is 0.273. The predicted molar refractivity (Wildman–Crippen MR) is 114 cm³/mol. The van der Waals surface area contributed by atoms with Crippen LogP contribution in [0.25, 0.3) is 0 Å². The fourth-order valence-corrected chi connectivity index (χ4v) is 3.61. The lowest BCUT2D eigenvalue weighted by molar-refractivity contribution is -0.132. The van der Waals surface area contributed by atoms with Crippen LogP contribution in [0.3, 0.4) is 0 Å². The third-order valence-corrected chi connectivity index (χ3v) is 5.13. The number of nitrogens with one attached hydrogen (secondary N) is 2. The van der Waals surface area contributed by atoms with E-state index < -0.39 is 5.54 Å². The molecular formula is C22H25ClN4O2. The second-order valence-electron chi connectivity index (χ2n) is 6.98. The number of piperidine rings is 1. The second kappa shape index (κ2) is 9.58. The highest BCUT2D eigenvalue weighted by atomic mass is 35.5. The molecule has 0 bridgehead atoms. The van der Waals surface area contributed by atoms with Crippen LogP contribution in [-0.2, 0) is 16.9 Å². The summed E-state index contributed by atoms with van der Waals surface area (Å²) < 4.78 is 7.69. The van der Waals surface area contributed by atoms with Crippen molar-refractivity contribution in [2.24, 2.45) is 0 Å². The van der Waals surface area contributed by atoms with Crippen LogP contribution in [0.15, 0.2) is 73.1 Å². The third-order valence-electron chi connectivity index (χ3n) is 5.13. The van der Waals surface area contributed by atoms with Crippen molar-refractivity contribution in [1.29, 1.82) is 0 Å². The lowest BCUT2D eigenvalue weighted by Crippen LogP contribution is -2.54. The zero-order valence-electron chi connectivity index (χ0n) is 16.1. The maximum atomic E-state index is 13.1. The summed E-state index contributed by atoms with van der Waals surface area (Å²) >= 11 is 0. The maximum Gasteiger partial charge on any atom is 0.248 e. The number of benzene rings is 2. The monoisotopic (exact) mass is 412 g/mol. The number of nitrogens with zero attached hydrogens (tertiary/aromatic N) is 2. The molecular weight excluding hydrogens is 388 g/mol. The van der Waals surface area contributed by atoms with Crippen LogP contribution in [0.4, 0.5) is 0 Å². The minimum Gasteiger partial charge on any atom is -0.457 e. The first-order valence-electron chi connectivity index (χ1n) is 9.57. The molecule has 0 unspecified atom stereocenters. The van der Waals surface area contributed by atoms with E-state index in [-0.39, 0.29) is 18.3 Å². The Morgan fingerprint density at radius 1 is 1.07 bits per heavy atom. The molecule has 1 aliphatic heterocycles. The van der Waals surface area contributed by atoms with Crippen LogP contribution in [0.5, 0.6) is 11.5 Å². The van der Waals surface area contributed by atoms with Gasteiger partial charge in [-0.25, -0.2) is 0 Å². The number of amides is 1. The van der Waals surface area contributed by atoms with Crippen LogP contribution < -0.4 is 15.4 Å². The molecule has 1 aliphatic rings. The molecule has 1 amide bonds. The third kappa shape index (κ3) is 4.78. The van der Waals surface area contributed by atoms with E-state index in [4.69, 9.17) is 4.74 Å². The number of carbonyl (C=O) groups is 1. The molecule has 6 nitrogen and oxygen atoms in total. The number of rotatable bonds is 6. The molecule has 0 radical (unpaired) electrons. The second-order valence-corrected chi connectivity index (χ2v) is 6.98. The molecule has 1 saturated heterocycles. The molecule has 7 heteroatoms. The smallest absolute Gasteiger partial charge is 0.248 e. The summed E-state index contributed by atoms with van der Waals surface area (Å²) in [6.45, 7) is 2.04. The molecule has 0 atom stereocenters. The summed E-state index contributed by atoms with van der Waals surface area (Å²) in [5.41, 5.74) is 0.360. The Balaban J connectivity index is 0.00000240. The normalized spacial score (nSPS) is 15.2. The lowest BCUT2D eigenvalue weighted by Gasteiger charge is -2.36. The minimum atomic E-state index is -0.632. The number of hydrogen-bond acceptors (Lipinski definition) is 4. The highest BCUT2D eigenvalue weighted by Crippen LogP contribution is 2.27. The summed E-state index contributed by atoms with van der Waals surface area (Å²) in [5, 5.41) is 10.8. The van der Waals surface area contributed by atoms with Crippen molar-refractivity contribution in [3.63, 3.8) is 0 Å². The molecule has 29 heavy (non-hydrogen) atoms. The van der Waals surface area contributed by atoms with E-state index in [9.17, 15) is 4.79 Å².